The number of allylic oxidation sites excluding steroid dienone is 2. The van der Waals surface area contributed by atoms with Gasteiger partial charge in [-0.05, 0) is 26.8 Å². The highest BCUT2D eigenvalue weighted by molar-refractivity contribution is 8.13. The Hall–Kier alpha value is -1.71. The summed E-state index contributed by atoms with van der Waals surface area (Å²) in [5.74, 6) is -1.17. The summed E-state index contributed by atoms with van der Waals surface area (Å²) in [7, 11) is 0. The quantitative estimate of drug-likeness (QED) is 0.309. The minimum absolute atomic E-state index is 0.122. The summed E-state index contributed by atoms with van der Waals surface area (Å²) >= 11 is 1.01. The Labute approximate surface area is 176 Å². The van der Waals surface area contributed by atoms with Gasteiger partial charge in [-0.25, -0.2) is 0 Å². The fraction of sp³-hybridized carbons (Fsp3) is 0.700. The molecular formula is C20H32N2O6S. The van der Waals surface area contributed by atoms with Gasteiger partial charge >= 0.3 is 0 Å². The molecule has 1 aliphatic heterocycles. The molecule has 2 N–H and O–H groups in total. The topological polar surface area (TPSA) is 111 Å². The Morgan fingerprint density at radius 3 is 2.45 bits per heavy atom. The Bertz CT molecular complexity index is 645. The van der Waals surface area contributed by atoms with E-state index in [1.807, 2.05) is 13.8 Å². The van der Waals surface area contributed by atoms with Crippen molar-refractivity contribution in [2.45, 2.75) is 59.4 Å². The zero-order valence-corrected chi connectivity index (χ0v) is 18.6. The molecule has 2 amide bonds. The van der Waals surface area contributed by atoms with E-state index in [1.165, 1.54) is 6.08 Å². The standard InChI is InChI=1S/C20H32N2O6S/c1-6-7-14(23)12-16(25)29-11-10-21-15(24)8-9-22-18(26)17-19(2,3)13-27-20(4,5)28-17/h6-7,17H,8-13H2,1-5H3,(H,21,24)(H,22,26)/b7-6+/t17-/m0/s1. The molecule has 0 radical (unpaired) electrons. The molecule has 0 spiro atoms. The predicted molar refractivity (Wildman–Crippen MR) is 111 cm³/mol. The molecule has 9 heteroatoms. The van der Waals surface area contributed by atoms with Crippen molar-refractivity contribution in [2.24, 2.45) is 5.41 Å². The molecule has 0 saturated carbocycles. The smallest absolute Gasteiger partial charge is 0.249 e. The van der Waals surface area contributed by atoms with Crippen LogP contribution in [0.1, 0.15) is 47.5 Å². The van der Waals surface area contributed by atoms with Crippen molar-refractivity contribution in [3.05, 3.63) is 12.2 Å². The van der Waals surface area contributed by atoms with Crippen LogP contribution in [0.5, 0.6) is 0 Å². The van der Waals surface area contributed by atoms with E-state index in [2.05, 4.69) is 10.6 Å². The van der Waals surface area contributed by atoms with Gasteiger partial charge in [0.05, 0.1) is 13.0 Å². The van der Waals surface area contributed by atoms with Crippen molar-refractivity contribution < 1.29 is 28.7 Å². The van der Waals surface area contributed by atoms with Gasteiger partial charge in [-0.3, -0.25) is 19.2 Å². The van der Waals surface area contributed by atoms with Crippen LogP contribution in [-0.2, 0) is 28.7 Å². The van der Waals surface area contributed by atoms with E-state index in [0.29, 0.717) is 18.9 Å². The lowest BCUT2D eigenvalue weighted by Crippen LogP contribution is -2.56. The van der Waals surface area contributed by atoms with Gasteiger partial charge in [0, 0.05) is 30.7 Å². The number of amides is 2. The molecule has 8 nitrogen and oxygen atoms in total. The minimum atomic E-state index is -0.832. The van der Waals surface area contributed by atoms with Crippen LogP contribution in [0.2, 0.25) is 0 Å². The van der Waals surface area contributed by atoms with Gasteiger partial charge in [-0.1, -0.05) is 31.7 Å². The summed E-state index contributed by atoms with van der Waals surface area (Å²) in [5, 5.41) is 5.20. The number of hydrogen-bond acceptors (Lipinski definition) is 7. The zero-order valence-electron chi connectivity index (χ0n) is 17.8. The first-order valence-electron chi connectivity index (χ1n) is 9.64. The van der Waals surface area contributed by atoms with Crippen LogP contribution in [0.15, 0.2) is 12.2 Å². The highest BCUT2D eigenvalue weighted by atomic mass is 32.2. The number of carbonyl (C=O) groups excluding carboxylic acids is 4. The van der Waals surface area contributed by atoms with Gasteiger partial charge in [0.25, 0.3) is 0 Å². The highest BCUT2D eigenvalue weighted by Gasteiger charge is 2.45. The minimum Gasteiger partial charge on any atom is -0.355 e. The van der Waals surface area contributed by atoms with Gasteiger partial charge in [-0.15, -0.1) is 0 Å². The Morgan fingerprint density at radius 2 is 1.79 bits per heavy atom. The summed E-state index contributed by atoms with van der Waals surface area (Å²) < 4.78 is 11.3. The molecule has 0 aromatic heterocycles. The third-order valence-corrected chi connectivity index (χ3v) is 5.03. The molecule has 1 fully saturated rings. The van der Waals surface area contributed by atoms with E-state index in [0.717, 1.165) is 11.8 Å². The third kappa shape index (κ3) is 9.56. The molecule has 0 aliphatic carbocycles. The van der Waals surface area contributed by atoms with Crippen molar-refractivity contribution in [1.29, 1.82) is 0 Å². The molecule has 0 unspecified atom stereocenters. The number of ketones is 1. The van der Waals surface area contributed by atoms with Gasteiger partial charge in [0.1, 0.15) is 6.10 Å². The molecule has 0 aromatic rings. The second-order valence-electron chi connectivity index (χ2n) is 7.93. The van der Waals surface area contributed by atoms with Gasteiger partial charge in [0.15, 0.2) is 16.7 Å². The molecular weight excluding hydrogens is 396 g/mol. The van der Waals surface area contributed by atoms with Gasteiger partial charge < -0.3 is 20.1 Å². The van der Waals surface area contributed by atoms with E-state index in [9.17, 15) is 19.2 Å². The van der Waals surface area contributed by atoms with Crippen molar-refractivity contribution >= 4 is 34.5 Å². The maximum absolute atomic E-state index is 12.5. The Kier molecular flexibility index (Phi) is 10.0. The normalized spacial score (nSPS) is 20.2. The summed E-state index contributed by atoms with van der Waals surface area (Å²) in [4.78, 5) is 47.2. The SMILES string of the molecule is C/C=C/C(=O)CC(=O)SCCNC(=O)CCNC(=O)[C@@H]1OC(C)(C)OCC1(C)C. The molecule has 1 saturated heterocycles. The number of nitrogens with one attached hydrogen (secondary N) is 2. The zero-order chi connectivity index (χ0) is 22.1. The van der Waals surface area contributed by atoms with Crippen LogP contribution < -0.4 is 10.6 Å². The lowest BCUT2D eigenvalue weighted by Gasteiger charge is -2.44. The molecule has 1 atom stereocenters. The summed E-state index contributed by atoms with van der Waals surface area (Å²) in [6.45, 7) is 9.91. The van der Waals surface area contributed by atoms with Crippen LogP contribution in [0.3, 0.4) is 0 Å². The monoisotopic (exact) mass is 428 g/mol. The van der Waals surface area contributed by atoms with Crippen LogP contribution in [0.25, 0.3) is 0 Å². The lowest BCUT2D eigenvalue weighted by molar-refractivity contribution is -0.304. The van der Waals surface area contributed by atoms with Crippen molar-refractivity contribution in [3.63, 3.8) is 0 Å². The lowest BCUT2D eigenvalue weighted by atomic mass is 9.85. The van der Waals surface area contributed by atoms with Gasteiger partial charge in [-0.2, -0.15) is 0 Å². The van der Waals surface area contributed by atoms with Crippen LogP contribution in [0.4, 0.5) is 0 Å². The second-order valence-corrected chi connectivity index (χ2v) is 9.08. The molecule has 1 aliphatic rings. The third-order valence-electron chi connectivity index (χ3n) is 4.15. The maximum Gasteiger partial charge on any atom is 0.249 e. The highest BCUT2D eigenvalue weighted by Crippen LogP contribution is 2.34. The number of rotatable bonds is 10. The maximum atomic E-state index is 12.5. The molecule has 29 heavy (non-hydrogen) atoms. The number of hydrogen-bond donors (Lipinski definition) is 2. The average molecular weight is 429 g/mol. The molecule has 1 rings (SSSR count). The van der Waals surface area contributed by atoms with E-state index >= 15 is 0 Å². The van der Waals surface area contributed by atoms with Crippen LogP contribution in [0, 0.1) is 5.41 Å². The van der Waals surface area contributed by atoms with E-state index in [-0.39, 0.29) is 42.1 Å². The summed E-state index contributed by atoms with van der Waals surface area (Å²) in [5.41, 5.74) is -0.472. The molecule has 0 aromatic carbocycles. The van der Waals surface area contributed by atoms with Crippen LogP contribution in [-0.4, -0.2) is 60.1 Å². The number of ether oxygens (including phenoxy) is 2. The van der Waals surface area contributed by atoms with E-state index < -0.39 is 17.3 Å². The number of carbonyl (C=O) groups is 4. The first-order chi connectivity index (χ1) is 13.5. The Balaban J connectivity index is 2.24. The van der Waals surface area contributed by atoms with E-state index in [1.54, 1.807) is 26.8 Å². The van der Waals surface area contributed by atoms with Crippen molar-refractivity contribution in [3.8, 4) is 0 Å². The molecule has 164 valence electrons. The summed E-state index contributed by atoms with van der Waals surface area (Å²) in [6, 6.07) is 0. The first-order valence-corrected chi connectivity index (χ1v) is 10.6. The molecule has 1 heterocycles. The van der Waals surface area contributed by atoms with Gasteiger partial charge in [0.2, 0.25) is 11.8 Å². The van der Waals surface area contributed by atoms with Crippen molar-refractivity contribution in [2.75, 3.05) is 25.4 Å². The largest absolute Gasteiger partial charge is 0.355 e. The second kappa shape index (κ2) is 11.5. The first kappa shape index (κ1) is 25.3. The fourth-order valence-corrected chi connectivity index (χ4v) is 3.27. The van der Waals surface area contributed by atoms with E-state index in [4.69, 9.17) is 9.47 Å². The fourth-order valence-electron chi connectivity index (χ4n) is 2.59. The Morgan fingerprint density at radius 1 is 1.10 bits per heavy atom. The molecule has 0 bridgehead atoms. The summed E-state index contributed by atoms with van der Waals surface area (Å²) in [6.07, 6.45) is 2.27. The average Bonchev–Trinajstić information content (AvgIpc) is 2.61. The van der Waals surface area contributed by atoms with Crippen molar-refractivity contribution in [1.82, 2.24) is 10.6 Å². The number of thioether (sulfide) groups is 1. The van der Waals surface area contributed by atoms with Crippen LogP contribution >= 0.6 is 11.8 Å². The predicted octanol–water partition coefficient (Wildman–Crippen LogP) is 1.58.